The normalized spacial score (nSPS) is 13.7. The summed E-state index contributed by atoms with van der Waals surface area (Å²) in [6, 6.07) is 30.9. The van der Waals surface area contributed by atoms with Gasteiger partial charge >= 0.3 is 5.97 Å². The molecule has 0 aromatic heterocycles. The van der Waals surface area contributed by atoms with E-state index in [2.05, 4.69) is 0 Å². The van der Waals surface area contributed by atoms with Crippen LogP contribution in [0.3, 0.4) is 0 Å². The number of carbonyl (C=O) groups is 2. The van der Waals surface area contributed by atoms with E-state index in [9.17, 15) is 9.59 Å². The number of ether oxygens (including phenoxy) is 2. The van der Waals surface area contributed by atoms with Crippen LogP contribution in [0, 0.1) is 0 Å². The van der Waals surface area contributed by atoms with Crippen LogP contribution in [0.5, 0.6) is 5.75 Å². The van der Waals surface area contributed by atoms with Crippen LogP contribution in [-0.2, 0) is 22.5 Å². The second-order valence-electron chi connectivity index (χ2n) is 9.74. The molecule has 4 aromatic carbocycles. The Hall–Kier alpha value is -4.09. The highest BCUT2D eigenvalue weighted by Crippen LogP contribution is 2.34. The number of aryl methyl sites for hydroxylation is 1. The second kappa shape index (κ2) is 10.7. The summed E-state index contributed by atoms with van der Waals surface area (Å²) >= 11 is 6.03. The first-order valence-corrected chi connectivity index (χ1v) is 12.9. The van der Waals surface area contributed by atoms with E-state index in [-0.39, 0.29) is 5.91 Å². The first-order valence-electron chi connectivity index (χ1n) is 12.5. The molecule has 1 heterocycles. The van der Waals surface area contributed by atoms with Crippen LogP contribution in [0.25, 0.3) is 11.1 Å². The molecule has 0 bridgehead atoms. The third-order valence-electron chi connectivity index (χ3n) is 6.43. The Bertz CT molecular complexity index is 1450. The number of hydrogen-bond donors (Lipinski definition) is 0. The van der Waals surface area contributed by atoms with E-state index in [4.69, 9.17) is 21.1 Å². The van der Waals surface area contributed by atoms with Crippen molar-refractivity contribution in [1.29, 1.82) is 0 Å². The molecule has 0 spiro atoms. The summed E-state index contributed by atoms with van der Waals surface area (Å²) in [6.07, 6.45) is 0.952. The number of nitrogens with zero attached hydrogens (tertiary/aromatic N) is 1. The number of cyclic esters (lactones) is 1. The monoisotopic (exact) mass is 525 g/mol. The lowest BCUT2D eigenvalue weighted by Gasteiger charge is -2.32. The minimum absolute atomic E-state index is 0.0407. The Labute approximate surface area is 227 Å². The molecule has 5 rings (SSSR count). The van der Waals surface area contributed by atoms with Crippen LogP contribution < -0.4 is 9.64 Å². The lowest BCUT2D eigenvalue weighted by molar-refractivity contribution is -0.127. The molecule has 0 saturated heterocycles. The van der Waals surface area contributed by atoms with Gasteiger partial charge in [0.05, 0.1) is 6.54 Å². The molecule has 0 radical (unpaired) electrons. The molecule has 1 amide bonds. The third kappa shape index (κ3) is 5.90. The van der Waals surface area contributed by atoms with E-state index in [0.29, 0.717) is 41.4 Å². The zero-order valence-corrected chi connectivity index (χ0v) is 22.1. The Kier molecular flexibility index (Phi) is 7.21. The first-order chi connectivity index (χ1) is 18.3. The number of carbonyl (C=O) groups excluding carboxylic acids is 2. The minimum atomic E-state index is -1.04. The fourth-order valence-electron chi connectivity index (χ4n) is 4.48. The smallest absolute Gasteiger partial charge is 0.345 e. The largest absolute Gasteiger partial charge is 0.452 e. The van der Waals surface area contributed by atoms with Crippen LogP contribution in [0.15, 0.2) is 97.1 Å². The molecule has 0 unspecified atom stereocenters. The molecule has 192 valence electrons. The zero-order chi connectivity index (χ0) is 26.7. The van der Waals surface area contributed by atoms with Crippen molar-refractivity contribution in [3.8, 4) is 16.9 Å². The summed E-state index contributed by atoms with van der Waals surface area (Å²) in [5.74, 6) is -1.11. The van der Waals surface area contributed by atoms with Gasteiger partial charge in [-0.25, -0.2) is 4.79 Å². The molecule has 0 atom stereocenters. The molecule has 6 heteroatoms. The van der Waals surface area contributed by atoms with Gasteiger partial charge in [-0.15, -0.1) is 0 Å². The molecular weight excluding hydrogens is 498 g/mol. The van der Waals surface area contributed by atoms with Crippen molar-refractivity contribution < 1.29 is 19.1 Å². The number of benzene rings is 4. The van der Waals surface area contributed by atoms with E-state index in [1.165, 1.54) is 0 Å². The summed E-state index contributed by atoms with van der Waals surface area (Å²) in [6.45, 7) is 3.73. The van der Waals surface area contributed by atoms with Crippen molar-refractivity contribution in [3.63, 3.8) is 0 Å². The van der Waals surface area contributed by atoms with Crippen molar-refractivity contribution in [3.05, 3.63) is 119 Å². The highest BCUT2D eigenvalue weighted by molar-refractivity contribution is 6.30. The number of halogens is 1. The molecule has 0 saturated carbocycles. The number of esters is 1. The number of hydrogen-bond acceptors (Lipinski definition) is 4. The summed E-state index contributed by atoms with van der Waals surface area (Å²) in [4.78, 5) is 28.0. The van der Waals surface area contributed by atoms with Gasteiger partial charge in [0, 0.05) is 31.0 Å². The van der Waals surface area contributed by atoms with E-state index >= 15 is 0 Å². The van der Waals surface area contributed by atoms with E-state index in [0.717, 1.165) is 22.3 Å². The van der Waals surface area contributed by atoms with Crippen molar-refractivity contribution in [1.82, 2.24) is 0 Å². The van der Waals surface area contributed by atoms with Gasteiger partial charge in [-0.1, -0.05) is 78.3 Å². The second-order valence-corrected chi connectivity index (χ2v) is 10.2. The van der Waals surface area contributed by atoms with Gasteiger partial charge in [0.1, 0.15) is 11.3 Å². The van der Waals surface area contributed by atoms with E-state index in [1.54, 1.807) is 30.9 Å². The number of fused-ring (bicyclic) bond motifs is 1. The van der Waals surface area contributed by atoms with Gasteiger partial charge < -0.3 is 14.4 Å². The van der Waals surface area contributed by atoms with Gasteiger partial charge in [-0.2, -0.15) is 0 Å². The van der Waals surface area contributed by atoms with Gasteiger partial charge in [0.2, 0.25) is 11.7 Å². The predicted molar refractivity (Wildman–Crippen MR) is 149 cm³/mol. The molecule has 0 aliphatic carbocycles. The van der Waals surface area contributed by atoms with Gasteiger partial charge in [0.25, 0.3) is 0 Å². The van der Waals surface area contributed by atoms with Crippen LogP contribution in [-0.4, -0.2) is 17.7 Å². The first kappa shape index (κ1) is 25.6. The van der Waals surface area contributed by atoms with Gasteiger partial charge in [-0.05, 0) is 59.0 Å². The molecule has 0 fully saturated rings. The van der Waals surface area contributed by atoms with Crippen LogP contribution in [0.2, 0.25) is 5.02 Å². The molecule has 1 aliphatic rings. The lowest BCUT2D eigenvalue weighted by atomic mass is 10.0. The SMILES string of the molecule is CC1(C)OC(=O)c2cc(N(Cc3ccc(-c4ccc(Cl)cc4)cc3)C(=O)CCc3ccccc3)ccc2O1. The summed E-state index contributed by atoms with van der Waals surface area (Å²) in [7, 11) is 0. The fourth-order valence-corrected chi connectivity index (χ4v) is 4.61. The standard InChI is InChI=1S/C32H28ClNO4/c1-32(2)37-29-18-17-27(20-28(29)31(36)38-32)34(30(35)19-10-22-6-4-3-5-7-22)21-23-8-11-24(12-9-23)25-13-15-26(33)16-14-25/h3-9,11-18,20H,10,19,21H2,1-2H3. The molecule has 4 aromatic rings. The topological polar surface area (TPSA) is 55.8 Å². The summed E-state index contributed by atoms with van der Waals surface area (Å²) in [5.41, 5.74) is 5.10. The fraction of sp³-hybridized carbons (Fsp3) is 0.188. The molecule has 5 nitrogen and oxygen atoms in total. The van der Waals surface area contributed by atoms with Gasteiger partial charge in [0.15, 0.2) is 0 Å². The number of rotatable bonds is 7. The molecular formula is C32H28ClNO4. The third-order valence-corrected chi connectivity index (χ3v) is 6.68. The highest BCUT2D eigenvalue weighted by Gasteiger charge is 2.34. The molecule has 1 aliphatic heterocycles. The van der Waals surface area contributed by atoms with E-state index < -0.39 is 11.8 Å². The average Bonchev–Trinajstić information content (AvgIpc) is 2.91. The van der Waals surface area contributed by atoms with Crippen LogP contribution in [0.4, 0.5) is 5.69 Å². The Balaban J connectivity index is 1.42. The Morgan fingerprint density at radius 2 is 1.47 bits per heavy atom. The van der Waals surface area contributed by atoms with Crippen molar-refractivity contribution in [2.75, 3.05) is 4.90 Å². The molecule has 0 N–H and O–H groups in total. The van der Waals surface area contributed by atoms with Crippen LogP contribution >= 0.6 is 11.6 Å². The quantitative estimate of drug-likeness (QED) is 0.235. The molecule has 38 heavy (non-hydrogen) atoms. The maximum atomic E-state index is 13.6. The van der Waals surface area contributed by atoms with Gasteiger partial charge in [-0.3, -0.25) is 4.79 Å². The summed E-state index contributed by atoms with van der Waals surface area (Å²) in [5, 5.41) is 0.693. The predicted octanol–water partition coefficient (Wildman–Crippen LogP) is 7.46. The number of anilines is 1. The highest BCUT2D eigenvalue weighted by atomic mass is 35.5. The lowest BCUT2D eigenvalue weighted by Crippen LogP contribution is -2.39. The maximum Gasteiger partial charge on any atom is 0.345 e. The van der Waals surface area contributed by atoms with Crippen molar-refractivity contribution >= 4 is 29.2 Å². The zero-order valence-electron chi connectivity index (χ0n) is 21.3. The Morgan fingerprint density at radius 3 is 2.16 bits per heavy atom. The maximum absolute atomic E-state index is 13.6. The minimum Gasteiger partial charge on any atom is -0.452 e. The van der Waals surface area contributed by atoms with Crippen molar-refractivity contribution in [2.45, 2.75) is 39.0 Å². The number of amides is 1. The average molecular weight is 526 g/mol. The Morgan fingerprint density at radius 1 is 0.816 bits per heavy atom. The van der Waals surface area contributed by atoms with Crippen LogP contribution in [0.1, 0.15) is 41.8 Å². The van der Waals surface area contributed by atoms with Crippen molar-refractivity contribution in [2.24, 2.45) is 0 Å². The van der Waals surface area contributed by atoms with E-state index in [1.807, 2.05) is 84.9 Å². The summed E-state index contributed by atoms with van der Waals surface area (Å²) < 4.78 is 11.2.